The fraction of sp³-hybridized carbons (Fsp3) is 0.375. The first-order chi connectivity index (χ1) is 11.6. The molecule has 1 aliphatic carbocycles. The van der Waals surface area contributed by atoms with E-state index in [1.165, 1.54) is 6.33 Å². The van der Waals surface area contributed by atoms with Crippen LogP contribution >= 0.6 is 11.6 Å². The highest BCUT2D eigenvalue weighted by atomic mass is 35.5. The van der Waals surface area contributed by atoms with Gasteiger partial charge in [0.2, 0.25) is 5.91 Å². The number of carbonyl (C=O) groups is 1. The third kappa shape index (κ3) is 2.65. The van der Waals surface area contributed by atoms with Gasteiger partial charge in [-0.15, -0.1) is 0 Å². The van der Waals surface area contributed by atoms with Crippen molar-refractivity contribution >= 4 is 29.1 Å². The standard InChI is InChI=1S/C16H17ClN6O/c17-13-15(18)20-8-21-16(13)22-11-6-12(24)23(10-3-4-10)14(11)9-2-1-5-19-7-9/h1-2,5,7-8,10-11,14H,3-4,6H2,(H3,18,20,21,22)/t11-,14+/m1/s1. The Hall–Kier alpha value is -2.41. The molecule has 8 heteroatoms. The molecule has 24 heavy (non-hydrogen) atoms. The number of aromatic nitrogens is 3. The Balaban J connectivity index is 1.68. The van der Waals surface area contributed by atoms with Gasteiger partial charge in [-0.3, -0.25) is 9.78 Å². The first-order valence-corrected chi connectivity index (χ1v) is 8.26. The van der Waals surface area contributed by atoms with Crippen molar-refractivity contribution in [1.29, 1.82) is 0 Å². The Morgan fingerprint density at radius 1 is 1.33 bits per heavy atom. The molecule has 1 amide bonds. The monoisotopic (exact) mass is 344 g/mol. The first-order valence-electron chi connectivity index (χ1n) is 7.88. The second-order valence-corrected chi connectivity index (χ2v) is 6.52. The van der Waals surface area contributed by atoms with Gasteiger partial charge in [-0.2, -0.15) is 0 Å². The van der Waals surface area contributed by atoms with Gasteiger partial charge in [0.05, 0.1) is 12.1 Å². The van der Waals surface area contributed by atoms with Crippen molar-refractivity contribution in [3.63, 3.8) is 0 Å². The molecule has 0 bridgehead atoms. The summed E-state index contributed by atoms with van der Waals surface area (Å²) >= 11 is 6.19. The minimum Gasteiger partial charge on any atom is -0.382 e. The molecule has 2 aliphatic rings. The van der Waals surface area contributed by atoms with E-state index in [-0.39, 0.29) is 28.8 Å². The number of nitrogens with zero attached hydrogens (tertiary/aromatic N) is 4. The van der Waals surface area contributed by atoms with Crippen LogP contribution in [0.15, 0.2) is 30.9 Å². The molecule has 7 nitrogen and oxygen atoms in total. The molecule has 1 saturated heterocycles. The van der Waals surface area contributed by atoms with Gasteiger partial charge in [-0.05, 0) is 24.5 Å². The Bertz CT molecular complexity index is 766. The lowest BCUT2D eigenvalue weighted by atomic mass is 10.0. The van der Waals surface area contributed by atoms with Gasteiger partial charge in [0.25, 0.3) is 0 Å². The van der Waals surface area contributed by atoms with Crippen LogP contribution in [0, 0.1) is 0 Å². The normalized spacial score (nSPS) is 23.5. The lowest BCUT2D eigenvalue weighted by molar-refractivity contribution is -0.129. The third-order valence-electron chi connectivity index (χ3n) is 4.47. The summed E-state index contributed by atoms with van der Waals surface area (Å²) in [7, 11) is 0. The molecule has 0 unspecified atom stereocenters. The van der Waals surface area contributed by atoms with Crippen molar-refractivity contribution in [1.82, 2.24) is 19.9 Å². The topological polar surface area (TPSA) is 97.0 Å². The maximum atomic E-state index is 12.6. The van der Waals surface area contributed by atoms with Crippen molar-refractivity contribution in [2.45, 2.75) is 37.4 Å². The van der Waals surface area contributed by atoms with E-state index < -0.39 is 0 Å². The highest BCUT2D eigenvalue weighted by molar-refractivity contribution is 6.35. The second-order valence-electron chi connectivity index (χ2n) is 6.14. The number of carbonyl (C=O) groups excluding carboxylic acids is 1. The van der Waals surface area contributed by atoms with Crippen molar-refractivity contribution in [2.24, 2.45) is 0 Å². The van der Waals surface area contributed by atoms with Crippen LogP contribution < -0.4 is 11.1 Å². The van der Waals surface area contributed by atoms with Gasteiger partial charge in [0.1, 0.15) is 17.2 Å². The number of rotatable bonds is 4. The van der Waals surface area contributed by atoms with E-state index in [2.05, 4.69) is 20.3 Å². The van der Waals surface area contributed by atoms with Gasteiger partial charge < -0.3 is 16.0 Å². The number of halogens is 1. The molecule has 2 fully saturated rings. The number of nitrogens with one attached hydrogen (secondary N) is 1. The molecule has 1 aliphatic heterocycles. The van der Waals surface area contributed by atoms with Crippen LogP contribution in [0.1, 0.15) is 30.9 Å². The van der Waals surface area contributed by atoms with Crippen LogP contribution in [0.5, 0.6) is 0 Å². The number of nitrogens with two attached hydrogens (primary N) is 1. The van der Waals surface area contributed by atoms with E-state index in [4.69, 9.17) is 17.3 Å². The number of hydrogen-bond donors (Lipinski definition) is 2. The molecule has 124 valence electrons. The molecule has 2 aromatic heterocycles. The number of anilines is 2. The maximum absolute atomic E-state index is 12.6. The number of hydrogen-bond acceptors (Lipinski definition) is 6. The van der Waals surface area contributed by atoms with Crippen LogP contribution in [0.3, 0.4) is 0 Å². The Labute approximate surface area is 144 Å². The maximum Gasteiger partial charge on any atom is 0.225 e. The zero-order valence-corrected chi connectivity index (χ0v) is 13.6. The van der Waals surface area contributed by atoms with Gasteiger partial charge in [0.15, 0.2) is 5.82 Å². The van der Waals surface area contributed by atoms with Crippen LogP contribution in [0.4, 0.5) is 11.6 Å². The number of likely N-dealkylation sites (tertiary alicyclic amines) is 1. The molecule has 1 saturated carbocycles. The third-order valence-corrected chi connectivity index (χ3v) is 4.84. The molecule has 2 atom stereocenters. The zero-order valence-electron chi connectivity index (χ0n) is 12.9. The van der Waals surface area contributed by atoms with Gasteiger partial charge in [-0.1, -0.05) is 17.7 Å². The average Bonchev–Trinajstić information content (AvgIpc) is 3.36. The molecule has 4 rings (SSSR count). The van der Waals surface area contributed by atoms with E-state index in [1.807, 2.05) is 23.2 Å². The molecular weight excluding hydrogens is 328 g/mol. The largest absolute Gasteiger partial charge is 0.382 e. The minimum atomic E-state index is -0.144. The van der Waals surface area contributed by atoms with Crippen molar-refractivity contribution in [3.8, 4) is 0 Å². The number of nitrogen functional groups attached to an aromatic ring is 1. The molecule has 0 aromatic carbocycles. The molecular formula is C16H17ClN6O. The second kappa shape index (κ2) is 5.90. The smallest absolute Gasteiger partial charge is 0.225 e. The van der Waals surface area contributed by atoms with E-state index in [9.17, 15) is 4.79 Å². The number of amides is 1. The Morgan fingerprint density at radius 2 is 2.17 bits per heavy atom. The Kier molecular flexibility index (Phi) is 3.72. The van der Waals surface area contributed by atoms with Crippen molar-refractivity contribution < 1.29 is 4.79 Å². The summed E-state index contributed by atoms with van der Waals surface area (Å²) < 4.78 is 0. The van der Waals surface area contributed by atoms with Crippen molar-refractivity contribution in [3.05, 3.63) is 41.4 Å². The quantitative estimate of drug-likeness (QED) is 0.880. The van der Waals surface area contributed by atoms with E-state index >= 15 is 0 Å². The van der Waals surface area contributed by atoms with E-state index in [1.54, 1.807) is 6.20 Å². The summed E-state index contributed by atoms with van der Waals surface area (Å²) in [5.41, 5.74) is 6.75. The predicted octanol–water partition coefficient (Wildman–Crippen LogP) is 2.02. The van der Waals surface area contributed by atoms with Crippen molar-refractivity contribution in [2.75, 3.05) is 11.1 Å². The molecule has 3 heterocycles. The molecule has 2 aromatic rings. The van der Waals surface area contributed by atoms with Gasteiger partial charge in [0, 0.05) is 24.9 Å². The predicted molar refractivity (Wildman–Crippen MR) is 90.3 cm³/mol. The molecule has 0 spiro atoms. The highest BCUT2D eigenvalue weighted by Crippen LogP contribution is 2.43. The average molecular weight is 345 g/mol. The van der Waals surface area contributed by atoms with E-state index in [0.717, 1.165) is 18.4 Å². The van der Waals surface area contributed by atoms with Crippen LogP contribution in [-0.2, 0) is 4.79 Å². The molecule has 3 N–H and O–H groups in total. The zero-order chi connectivity index (χ0) is 16.7. The SMILES string of the molecule is Nc1ncnc(N[C@@H]2CC(=O)N(C3CC3)[C@H]2c2cccnc2)c1Cl. The summed E-state index contributed by atoms with van der Waals surface area (Å²) in [5.74, 6) is 0.811. The first kappa shape index (κ1) is 15.1. The Morgan fingerprint density at radius 3 is 2.88 bits per heavy atom. The van der Waals surface area contributed by atoms with Crippen LogP contribution in [0.2, 0.25) is 5.02 Å². The lowest BCUT2D eigenvalue weighted by Gasteiger charge is -2.29. The van der Waals surface area contributed by atoms with Gasteiger partial charge in [-0.25, -0.2) is 9.97 Å². The van der Waals surface area contributed by atoms with E-state index in [0.29, 0.717) is 18.3 Å². The molecule has 0 radical (unpaired) electrons. The van der Waals surface area contributed by atoms with Gasteiger partial charge >= 0.3 is 0 Å². The summed E-state index contributed by atoms with van der Waals surface area (Å²) in [6, 6.07) is 3.96. The summed E-state index contributed by atoms with van der Waals surface area (Å²) in [6.07, 6.45) is 7.39. The minimum absolute atomic E-state index is 0.0917. The van der Waals surface area contributed by atoms with Crippen LogP contribution in [0.25, 0.3) is 0 Å². The van der Waals surface area contributed by atoms with Crippen LogP contribution in [-0.4, -0.2) is 37.8 Å². The summed E-state index contributed by atoms with van der Waals surface area (Å²) in [6.45, 7) is 0. The lowest BCUT2D eigenvalue weighted by Crippen LogP contribution is -2.34. The fourth-order valence-corrected chi connectivity index (χ4v) is 3.42. The highest BCUT2D eigenvalue weighted by Gasteiger charge is 2.47. The number of pyridine rings is 1. The summed E-state index contributed by atoms with van der Waals surface area (Å²) in [4.78, 5) is 26.8. The summed E-state index contributed by atoms with van der Waals surface area (Å²) in [5, 5.41) is 3.57. The fourth-order valence-electron chi connectivity index (χ4n) is 3.27.